The number of aromatic amines is 1. The number of amides is 2. The zero-order chi connectivity index (χ0) is 20.9. The van der Waals surface area contributed by atoms with E-state index in [0.29, 0.717) is 13.0 Å². The van der Waals surface area contributed by atoms with Crippen LogP contribution in [0.15, 0.2) is 60.9 Å². The molecule has 0 aliphatic rings. The Hall–Kier alpha value is -3.33. The number of carbonyl (C=O) groups excluding carboxylic acids is 2. The van der Waals surface area contributed by atoms with Crippen LogP contribution in [0, 0.1) is 0 Å². The second kappa shape index (κ2) is 9.93. The molecule has 0 aliphatic heterocycles. The molecule has 158 valence electrons. The summed E-state index contributed by atoms with van der Waals surface area (Å²) in [6.45, 7) is 0.322. The van der Waals surface area contributed by atoms with Crippen LogP contribution in [0.2, 0.25) is 0 Å². The number of anilines is 1. The predicted molar refractivity (Wildman–Crippen MR) is 108 cm³/mol. The lowest BCUT2D eigenvalue weighted by Crippen LogP contribution is -2.27. The number of imidazole rings is 1. The maximum absolute atomic E-state index is 12.9. The van der Waals surface area contributed by atoms with Crippen molar-refractivity contribution in [3.8, 4) is 0 Å². The Morgan fingerprint density at radius 1 is 1.03 bits per heavy atom. The first-order valence-corrected chi connectivity index (χ1v) is 8.68. The van der Waals surface area contributed by atoms with E-state index in [1.807, 2.05) is 0 Å². The van der Waals surface area contributed by atoms with Crippen molar-refractivity contribution >= 4 is 29.9 Å². The molecule has 0 aliphatic carbocycles. The fourth-order valence-electron chi connectivity index (χ4n) is 2.65. The van der Waals surface area contributed by atoms with Crippen molar-refractivity contribution in [2.24, 2.45) is 0 Å². The molecule has 0 spiro atoms. The van der Waals surface area contributed by atoms with E-state index in [-0.39, 0.29) is 29.2 Å². The fourth-order valence-corrected chi connectivity index (χ4v) is 2.65. The van der Waals surface area contributed by atoms with Gasteiger partial charge in [0.25, 0.3) is 11.8 Å². The van der Waals surface area contributed by atoms with Gasteiger partial charge in [-0.1, -0.05) is 18.2 Å². The molecule has 10 heteroatoms. The Morgan fingerprint density at radius 2 is 1.80 bits per heavy atom. The van der Waals surface area contributed by atoms with Crippen LogP contribution in [-0.4, -0.2) is 28.3 Å². The molecule has 3 N–H and O–H groups in total. The topological polar surface area (TPSA) is 86.9 Å². The lowest BCUT2D eigenvalue weighted by molar-refractivity contribution is -0.137. The van der Waals surface area contributed by atoms with Gasteiger partial charge in [0.2, 0.25) is 0 Å². The first-order chi connectivity index (χ1) is 13.8. The predicted octanol–water partition coefficient (Wildman–Crippen LogP) is 4.08. The van der Waals surface area contributed by atoms with Gasteiger partial charge in [0.15, 0.2) is 0 Å². The van der Waals surface area contributed by atoms with Crippen molar-refractivity contribution < 1.29 is 22.8 Å². The Bertz CT molecular complexity index is 1010. The summed E-state index contributed by atoms with van der Waals surface area (Å²) in [6.07, 6.45) is -0.773. The zero-order valence-electron chi connectivity index (χ0n) is 15.5. The number of nitrogens with one attached hydrogen (secondary N) is 3. The number of H-pyrrole nitrogens is 1. The van der Waals surface area contributed by atoms with E-state index in [4.69, 9.17) is 0 Å². The van der Waals surface area contributed by atoms with E-state index in [2.05, 4.69) is 20.6 Å². The van der Waals surface area contributed by atoms with Gasteiger partial charge in [0, 0.05) is 30.9 Å². The number of hydrogen-bond donors (Lipinski definition) is 3. The number of rotatable bonds is 6. The molecule has 30 heavy (non-hydrogen) atoms. The van der Waals surface area contributed by atoms with Gasteiger partial charge in [0.05, 0.1) is 16.8 Å². The van der Waals surface area contributed by atoms with Gasteiger partial charge in [-0.05, 0) is 30.3 Å². The van der Waals surface area contributed by atoms with Gasteiger partial charge < -0.3 is 15.6 Å². The molecule has 0 saturated carbocycles. The Morgan fingerprint density at radius 3 is 2.50 bits per heavy atom. The Kier molecular flexibility index (Phi) is 7.60. The van der Waals surface area contributed by atoms with E-state index in [9.17, 15) is 22.8 Å². The van der Waals surface area contributed by atoms with E-state index in [1.165, 1.54) is 18.2 Å². The summed E-state index contributed by atoms with van der Waals surface area (Å²) >= 11 is 0. The first kappa shape index (κ1) is 23.0. The van der Waals surface area contributed by atoms with Crippen LogP contribution in [0.3, 0.4) is 0 Å². The fraction of sp³-hybridized carbons (Fsp3) is 0.150. The highest BCUT2D eigenvalue weighted by Gasteiger charge is 2.31. The van der Waals surface area contributed by atoms with Crippen molar-refractivity contribution in [1.82, 2.24) is 15.3 Å². The lowest BCUT2D eigenvalue weighted by atomic mass is 10.1. The summed E-state index contributed by atoms with van der Waals surface area (Å²) in [7, 11) is 0. The summed E-state index contributed by atoms with van der Waals surface area (Å²) in [4.78, 5) is 31.8. The zero-order valence-corrected chi connectivity index (χ0v) is 16.3. The largest absolute Gasteiger partial charge is 0.416 e. The highest BCUT2D eigenvalue weighted by Crippen LogP contribution is 2.29. The van der Waals surface area contributed by atoms with E-state index in [0.717, 1.165) is 24.0 Å². The number of carbonyl (C=O) groups is 2. The van der Waals surface area contributed by atoms with Crippen LogP contribution >= 0.6 is 12.4 Å². The molecule has 3 aromatic rings. The summed E-state index contributed by atoms with van der Waals surface area (Å²) in [6, 6.07) is 10.3. The van der Waals surface area contributed by atoms with Crippen LogP contribution in [0.4, 0.5) is 18.9 Å². The highest BCUT2D eigenvalue weighted by molar-refractivity contribution is 6.09. The molecular weight excluding hydrogens is 421 g/mol. The van der Waals surface area contributed by atoms with Gasteiger partial charge >= 0.3 is 6.18 Å². The van der Waals surface area contributed by atoms with Gasteiger partial charge in [-0.3, -0.25) is 9.59 Å². The van der Waals surface area contributed by atoms with E-state index < -0.39 is 23.6 Å². The second-order valence-corrected chi connectivity index (χ2v) is 6.12. The smallest absolute Gasteiger partial charge is 0.352 e. The Labute approximate surface area is 176 Å². The van der Waals surface area contributed by atoms with E-state index in [1.54, 1.807) is 24.5 Å². The van der Waals surface area contributed by atoms with Gasteiger partial charge in [0.1, 0.15) is 5.82 Å². The minimum Gasteiger partial charge on any atom is -0.352 e. The monoisotopic (exact) mass is 438 g/mol. The second-order valence-electron chi connectivity index (χ2n) is 6.12. The van der Waals surface area contributed by atoms with Crippen molar-refractivity contribution in [1.29, 1.82) is 0 Å². The number of halogens is 4. The number of hydrogen-bond acceptors (Lipinski definition) is 3. The average Bonchev–Trinajstić information content (AvgIpc) is 3.21. The molecule has 0 saturated heterocycles. The molecule has 0 atom stereocenters. The number of aromatic nitrogens is 2. The van der Waals surface area contributed by atoms with Crippen molar-refractivity contribution in [3.05, 3.63) is 83.4 Å². The summed E-state index contributed by atoms with van der Waals surface area (Å²) in [5.41, 5.74) is -0.681. The van der Waals surface area contributed by atoms with Crippen LogP contribution in [0.1, 0.15) is 32.1 Å². The lowest BCUT2D eigenvalue weighted by Gasteiger charge is -2.12. The highest BCUT2D eigenvalue weighted by atomic mass is 35.5. The molecular formula is C20H18ClF3N4O2. The number of nitrogens with zero attached hydrogens (tertiary/aromatic N) is 1. The minimum absolute atomic E-state index is 0. The van der Waals surface area contributed by atoms with Crippen LogP contribution in [0.5, 0.6) is 0 Å². The first-order valence-electron chi connectivity index (χ1n) is 8.68. The molecule has 0 radical (unpaired) electrons. The van der Waals surface area contributed by atoms with Gasteiger partial charge in [-0.2, -0.15) is 13.2 Å². The summed E-state index contributed by atoms with van der Waals surface area (Å²) in [5, 5.41) is 5.23. The molecule has 3 rings (SSSR count). The molecule has 0 fully saturated rings. The Balaban J connectivity index is 0.00000320. The number of benzene rings is 2. The molecule has 0 bridgehead atoms. The molecule has 1 heterocycles. The normalized spacial score (nSPS) is 10.8. The standard InChI is InChI=1S/C20H17F3N4O2.ClH/c21-20(22,23)14-5-3-4-13(12-14)18(28)27-16-7-2-1-6-15(16)19(29)26-9-8-17-24-10-11-25-17;/h1-7,10-12H,8-9H2,(H,24,25)(H,26,29)(H,27,28);1H. The molecule has 1 aromatic heterocycles. The van der Waals surface area contributed by atoms with Crippen molar-refractivity contribution in [2.75, 3.05) is 11.9 Å². The summed E-state index contributed by atoms with van der Waals surface area (Å²) in [5.74, 6) is -0.445. The quantitative estimate of drug-likeness (QED) is 0.542. The summed E-state index contributed by atoms with van der Waals surface area (Å²) < 4.78 is 38.6. The maximum Gasteiger partial charge on any atom is 0.416 e. The third-order valence-corrected chi connectivity index (χ3v) is 4.07. The van der Waals surface area contributed by atoms with Crippen molar-refractivity contribution in [2.45, 2.75) is 12.6 Å². The number of para-hydroxylation sites is 1. The molecule has 2 aromatic carbocycles. The molecule has 2 amide bonds. The minimum atomic E-state index is -4.55. The molecule has 0 unspecified atom stereocenters. The third-order valence-electron chi connectivity index (χ3n) is 4.07. The van der Waals surface area contributed by atoms with Crippen LogP contribution < -0.4 is 10.6 Å². The van der Waals surface area contributed by atoms with Crippen LogP contribution in [-0.2, 0) is 12.6 Å². The van der Waals surface area contributed by atoms with Gasteiger partial charge in [-0.25, -0.2) is 4.98 Å². The SMILES string of the molecule is Cl.O=C(Nc1ccccc1C(=O)NCCc1ncc[nH]1)c1cccc(C(F)(F)F)c1. The van der Waals surface area contributed by atoms with Crippen LogP contribution in [0.25, 0.3) is 0 Å². The molecule has 6 nitrogen and oxygen atoms in total. The van der Waals surface area contributed by atoms with E-state index >= 15 is 0 Å². The maximum atomic E-state index is 12.9. The van der Waals surface area contributed by atoms with Gasteiger partial charge in [-0.15, -0.1) is 12.4 Å². The number of alkyl halides is 3. The average molecular weight is 439 g/mol. The van der Waals surface area contributed by atoms with Crippen molar-refractivity contribution in [3.63, 3.8) is 0 Å². The third kappa shape index (κ3) is 5.84.